The zero-order chi connectivity index (χ0) is 9.40. The number of nitrogens with one attached hydrogen (secondary N) is 1. The fraction of sp³-hybridized carbons (Fsp3) is 0.667. The van der Waals surface area contributed by atoms with Gasteiger partial charge in [-0.2, -0.15) is 0 Å². The molecular weight excluding hydrogens is 154 g/mol. The maximum Gasteiger partial charge on any atom is 0.312 e. The maximum atomic E-state index is 10.9. The van der Waals surface area contributed by atoms with Crippen LogP contribution in [-0.2, 0) is 9.53 Å². The fourth-order valence-corrected chi connectivity index (χ4v) is 0.738. The number of carbonyl (C=O) groups excluding carboxylic acids is 1. The van der Waals surface area contributed by atoms with Crippen molar-refractivity contribution < 1.29 is 9.53 Å². The number of hydrogen-bond acceptors (Lipinski definition) is 3. The molecule has 70 valence electrons. The van der Waals surface area contributed by atoms with Gasteiger partial charge in [-0.15, -0.1) is 0 Å². The second-order valence-electron chi connectivity index (χ2n) is 2.68. The number of carbonyl (C=O) groups is 1. The predicted octanol–water partition coefficient (Wildman–Crippen LogP) is 1.45. The van der Waals surface area contributed by atoms with E-state index in [-0.39, 0.29) is 5.97 Å². The molecule has 0 unspecified atom stereocenters. The Morgan fingerprint density at radius 3 is 2.67 bits per heavy atom. The van der Waals surface area contributed by atoms with E-state index in [0.29, 0.717) is 18.7 Å². The Labute approximate surface area is 73.8 Å². The lowest BCUT2D eigenvalue weighted by Crippen LogP contribution is -2.19. The van der Waals surface area contributed by atoms with Crippen LogP contribution in [0.1, 0.15) is 26.7 Å². The van der Waals surface area contributed by atoms with Crippen LogP contribution in [0.3, 0.4) is 0 Å². The lowest BCUT2D eigenvalue weighted by molar-refractivity contribution is -0.139. The summed E-state index contributed by atoms with van der Waals surface area (Å²) >= 11 is 0. The van der Waals surface area contributed by atoms with Gasteiger partial charge in [0.25, 0.3) is 0 Å². The molecule has 0 fully saturated rings. The molecule has 0 aromatic carbocycles. The van der Waals surface area contributed by atoms with Gasteiger partial charge in [-0.05, 0) is 19.9 Å². The van der Waals surface area contributed by atoms with Gasteiger partial charge in [-0.25, -0.2) is 0 Å². The first-order valence-corrected chi connectivity index (χ1v) is 4.23. The molecule has 3 nitrogen and oxygen atoms in total. The van der Waals surface area contributed by atoms with Gasteiger partial charge >= 0.3 is 5.97 Å². The Hall–Kier alpha value is -0.830. The third kappa shape index (κ3) is 7.28. The minimum absolute atomic E-state index is 0.217. The summed E-state index contributed by atoms with van der Waals surface area (Å²) in [4.78, 5) is 10.9. The molecule has 0 aromatic rings. The molecule has 0 aliphatic rings. The number of ether oxygens (including phenoxy) is 1. The number of hydrogen-bond donors (Lipinski definition) is 1. The highest BCUT2D eigenvalue weighted by atomic mass is 16.5. The van der Waals surface area contributed by atoms with Crippen LogP contribution in [0.5, 0.6) is 0 Å². The molecule has 0 spiro atoms. The third-order valence-electron chi connectivity index (χ3n) is 1.22. The first kappa shape index (κ1) is 11.2. The molecule has 0 aromatic heterocycles. The first-order valence-electron chi connectivity index (χ1n) is 4.23. The average Bonchev–Trinajstić information content (AvgIpc) is 1.97. The molecule has 0 amide bonds. The van der Waals surface area contributed by atoms with E-state index in [0.717, 1.165) is 13.0 Å². The minimum atomic E-state index is -0.217. The quantitative estimate of drug-likeness (QED) is 0.373. The molecule has 0 atom stereocenters. The molecular formula is C9H17NO2. The van der Waals surface area contributed by atoms with Crippen molar-refractivity contribution >= 4 is 5.97 Å². The molecule has 0 heterocycles. The average molecular weight is 171 g/mol. The van der Waals surface area contributed by atoms with Crippen LogP contribution in [0.25, 0.3) is 0 Å². The van der Waals surface area contributed by atoms with E-state index in [1.54, 1.807) is 6.92 Å². The summed E-state index contributed by atoms with van der Waals surface area (Å²) in [6, 6.07) is 0. The van der Waals surface area contributed by atoms with Crippen LogP contribution in [0.4, 0.5) is 0 Å². The van der Waals surface area contributed by atoms with Gasteiger partial charge in [-0.1, -0.05) is 13.5 Å². The summed E-state index contributed by atoms with van der Waals surface area (Å²) in [5.74, 6) is 0.238. The SMILES string of the molecule is C=C(C)OC(=O)CCNCCC. The van der Waals surface area contributed by atoms with Crippen LogP contribution in [0, 0.1) is 0 Å². The van der Waals surface area contributed by atoms with Crippen molar-refractivity contribution in [1.29, 1.82) is 0 Å². The van der Waals surface area contributed by atoms with E-state index in [9.17, 15) is 4.79 Å². The van der Waals surface area contributed by atoms with Gasteiger partial charge in [0.2, 0.25) is 0 Å². The van der Waals surface area contributed by atoms with Crippen LogP contribution in [0.2, 0.25) is 0 Å². The summed E-state index contributed by atoms with van der Waals surface area (Å²) < 4.78 is 4.76. The first-order chi connectivity index (χ1) is 5.66. The second kappa shape index (κ2) is 6.85. The largest absolute Gasteiger partial charge is 0.432 e. The van der Waals surface area contributed by atoms with E-state index in [1.165, 1.54) is 0 Å². The van der Waals surface area contributed by atoms with Crippen molar-refractivity contribution in [2.75, 3.05) is 13.1 Å². The van der Waals surface area contributed by atoms with Gasteiger partial charge in [0, 0.05) is 6.54 Å². The lowest BCUT2D eigenvalue weighted by Gasteiger charge is -2.03. The van der Waals surface area contributed by atoms with Crippen molar-refractivity contribution in [3.8, 4) is 0 Å². The van der Waals surface area contributed by atoms with Gasteiger partial charge in [0.15, 0.2) is 0 Å². The molecule has 12 heavy (non-hydrogen) atoms. The topological polar surface area (TPSA) is 38.3 Å². The third-order valence-corrected chi connectivity index (χ3v) is 1.22. The number of esters is 1. The Balaban J connectivity index is 3.26. The minimum Gasteiger partial charge on any atom is -0.432 e. The summed E-state index contributed by atoms with van der Waals surface area (Å²) in [6.45, 7) is 8.85. The lowest BCUT2D eigenvalue weighted by atomic mass is 10.4. The highest BCUT2D eigenvalue weighted by Gasteiger charge is 2.01. The normalized spacial score (nSPS) is 9.50. The summed E-state index contributed by atoms with van der Waals surface area (Å²) in [5, 5.41) is 3.11. The van der Waals surface area contributed by atoms with Crippen LogP contribution in [0.15, 0.2) is 12.3 Å². The number of rotatable bonds is 6. The number of allylic oxidation sites excluding steroid dienone is 1. The van der Waals surface area contributed by atoms with E-state index in [4.69, 9.17) is 4.74 Å². The monoisotopic (exact) mass is 171 g/mol. The standard InChI is InChI=1S/C9H17NO2/c1-4-6-10-7-5-9(11)12-8(2)3/h10H,2,4-7H2,1,3H3. The Kier molecular flexibility index (Phi) is 6.38. The maximum absolute atomic E-state index is 10.9. The molecule has 0 aliphatic heterocycles. The van der Waals surface area contributed by atoms with Crippen molar-refractivity contribution in [1.82, 2.24) is 5.32 Å². The van der Waals surface area contributed by atoms with Crippen molar-refractivity contribution in [3.05, 3.63) is 12.3 Å². The Bertz CT molecular complexity index is 155. The Morgan fingerprint density at radius 1 is 1.50 bits per heavy atom. The van der Waals surface area contributed by atoms with Crippen LogP contribution >= 0.6 is 0 Å². The van der Waals surface area contributed by atoms with Crippen LogP contribution < -0.4 is 5.32 Å². The molecule has 0 bridgehead atoms. The summed E-state index contributed by atoms with van der Waals surface area (Å²) in [5.41, 5.74) is 0. The smallest absolute Gasteiger partial charge is 0.312 e. The van der Waals surface area contributed by atoms with E-state index in [2.05, 4.69) is 18.8 Å². The zero-order valence-corrected chi connectivity index (χ0v) is 7.85. The van der Waals surface area contributed by atoms with Crippen molar-refractivity contribution in [3.63, 3.8) is 0 Å². The molecule has 0 radical (unpaired) electrons. The zero-order valence-electron chi connectivity index (χ0n) is 7.85. The van der Waals surface area contributed by atoms with Gasteiger partial charge < -0.3 is 10.1 Å². The van der Waals surface area contributed by atoms with E-state index < -0.39 is 0 Å². The summed E-state index contributed by atoms with van der Waals surface area (Å²) in [7, 11) is 0. The van der Waals surface area contributed by atoms with Gasteiger partial charge in [0.05, 0.1) is 12.2 Å². The fourth-order valence-electron chi connectivity index (χ4n) is 0.738. The molecule has 0 aliphatic carbocycles. The highest BCUT2D eigenvalue weighted by molar-refractivity contribution is 5.70. The van der Waals surface area contributed by atoms with Gasteiger partial charge in [0.1, 0.15) is 0 Å². The molecule has 0 rings (SSSR count). The van der Waals surface area contributed by atoms with Crippen LogP contribution in [-0.4, -0.2) is 19.1 Å². The molecule has 3 heteroatoms. The molecule has 1 N–H and O–H groups in total. The predicted molar refractivity (Wildman–Crippen MR) is 48.7 cm³/mol. The van der Waals surface area contributed by atoms with Gasteiger partial charge in [-0.3, -0.25) is 4.79 Å². The molecule has 0 saturated heterocycles. The Morgan fingerprint density at radius 2 is 2.17 bits per heavy atom. The summed E-state index contributed by atoms with van der Waals surface area (Å²) in [6.07, 6.45) is 1.49. The molecule has 0 saturated carbocycles. The van der Waals surface area contributed by atoms with Crippen molar-refractivity contribution in [2.45, 2.75) is 26.7 Å². The highest BCUT2D eigenvalue weighted by Crippen LogP contribution is 1.93. The van der Waals surface area contributed by atoms with E-state index >= 15 is 0 Å². The van der Waals surface area contributed by atoms with Crippen molar-refractivity contribution in [2.24, 2.45) is 0 Å². The van der Waals surface area contributed by atoms with E-state index in [1.807, 2.05) is 0 Å². The second-order valence-corrected chi connectivity index (χ2v) is 2.68.